The first-order valence-electron chi connectivity index (χ1n) is 14.6. The Balaban J connectivity index is 0.000000202. The van der Waals surface area contributed by atoms with Crippen molar-refractivity contribution >= 4 is 51.3 Å². The lowest BCUT2D eigenvalue weighted by molar-refractivity contribution is 0.0228. The molecule has 3 saturated heterocycles. The van der Waals surface area contributed by atoms with Gasteiger partial charge in [-0.3, -0.25) is 0 Å². The highest BCUT2D eigenvalue weighted by atomic mass is 79.9. The highest BCUT2D eigenvalue weighted by Gasteiger charge is 2.49. The van der Waals surface area contributed by atoms with Gasteiger partial charge in [0.25, 0.3) is 0 Å². The molecule has 0 saturated carbocycles. The fourth-order valence-corrected chi connectivity index (χ4v) is 5.46. The van der Waals surface area contributed by atoms with E-state index in [0.29, 0.717) is 52.6 Å². The first-order chi connectivity index (χ1) is 20.8. The quantitative estimate of drug-likeness (QED) is 0.258. The molecule has 2 amide bonds. The second-order valence-corrected chi connectivity index (χ2v) is 14.6. The Morgan fingerprint density at radius 1 is 0.844 bits per heavy atom. The van der Waals surface area contributed by atoms with Gasteiger partial charge in [0.05, 0.1) is 25.7 Å². The van der Waals surface area contributed by atoms with E-state index in [-0.39, 0.29) is 42.4 Å². The maximum absolute atomic E-state index is 13.8. The molecule has 250 valence electrons. The number of alkyl halides is 1. The molecular formula is C32H41BrCl2F2N2O6. The number of epoxide rings is 1. The highest BCUT2D eigenvalue weighted by molar-refractivity contribution is 9.08. The summed E-state index contributed by atoms with van der Waals surface area (Å²) < 4.78 is 42.2. The van der Waals surface area contributed by atoms with Crippen LogP contribution in [0.15, 0.2) is 36.4 Å². The Kier molecular flexibility index (Phi) is 12.9. The van der Waals surface area contributed by atoms with E-state index in [1.807, 2.05) is 20.8 Å². The summed E-state index contributed by atoms with van der Waals surface area (Å²) >= 11 is 14.6. The molecule has 4 atom stereocenters. The van der Waals surface area contributed by atoms with Crippen LogP contribution in [0.1, 0.15) is 52.7 Å². The van der Waals surface area contributed by atoms with E-state index < -0.39 is 23.4 Å². The molecule has 1 N–H and O–H groups in total. The number of aliphatic hydroxyl groups is 1. The molecule has 0 bridgehead atoms. The summed E-state index contributed by atoms with van der Waals surface area (Å²) in [7, 11) is 0. The van der Waals surface area contributed by atoms with Gasteiger partial charge in [-0.15, -0.1) is 0 Å². The Hall–Kier alpha value is -2.18. The summed E-state index contributed by atoms with van der Waals surface area (Å²) in [5, 5.41) is 11.6. The van der Waals surface area contributed by atoms with Crippen molar-refractivity contribution in [1.29, 1.82) is 0 Å². The van der Waals surface area contributed by atoms with Gasteiger partial charge in [0.2, 0.25) is 0 Å². The average Bonchev–Trinajstić information content (AvgIpc) is 3.34. The summed E-state index contributed by atoms with van der Waals surface area (Å²) in [5.41, 5.74) is 0.0549. The summed E-state index contributed by atoms with van der Waals surface area (Å²) in [6.45, 7) is 12.9. The number of morpholine rings is 1. The van der Waals surface area contributed by atoms with Crippen LogP contribution in [0, 0.1) is 17.6 Å². The molecular weight excluding hydrogens is 697 g/mol. The molecule has 0 aliphatic carbocycles. The predicted octanol–water partition coefficient (Wildman–Crippen LogP) is 7.63. The van der Waals surface area contributed by atoms with Crippen LogP contribution in [0.2, 0.25) is 10.0 Å². The zero-order valence-electron chi connectivity index (χ0n) is 26.3. The van der Waals surface area contributed by atoms with Crippen LogP contribution in [0.25, 0.3) is 0 Å². The number of fused-ring (bicyclic) bond motifs is 1. The molecule has 2 aromatic rings. The van der Waals surface area contributed by atoms with Crippen molar-refractivity contribution in [2.75, 3.05) is 26.2 Å². The van der Waals surface area contributed by atoms with Crippen LogP contribution < -0.4 is 0 Å². The Bertz CT molecular complexity index is 1330. The van der Waals surface area contributed by atoms with Crippen molar-refractivity contribution in [2.24, 2.45) is 5.92 Å². The molecule has 0 spiro atoms. The number of likely N-dealkylation sites (tertiary alicyclic amines) is 2. The van der Waals surface area contributed by atoms with E-state index in [1.165, 1.54) is 29.2 Å². The van der Waals surface area contributed by atoms with Gasteiger partial charge < -0.3 is 29.1 Å². The second-order valence-electron chi connectivity index (χ2n) is 13.1. The van der Waals surface area contributed by atoms with Gasteiger partial charge >= 0.3 is 12.2 Å². The van der Waals surface area contributed by atoms with Crippen LogP contribution in [-0.2, 0) is 26.0 Å². The number of β-amino-alcohol motifs (C(OH)–C–C–N with tert-alkyl or cyclic N) is 1. The van der Waals surface area contributed by atoms with Crippen molar-refractivity contribution in [3.63, 3.8) is 0 Å². The molecule has 3 fully saturated rings. The summed E-state index contributed by atoms with van der Waals surface area (Å²) in [6.07, 6.45) is -0.484. The minimum Gasteiger partial charge on any atom is -0.444 e. The topological polar surface area (TPSA) is 91.8 Å². The van der Waals surface area contributed by atoms with E-state index in [0.717, 1.165) is 0 Å². The Labute approximate surface area is 282 Å². The first kappa shape index (κ1) is 37.3. The van der Waals surface area contributed by atoms with Crippen LogP contribution in [-0.4, -0.2) is 82.8 Å². The van der Waals surface area contributed by atoms with Gasteiger partial charge in [0, 0.05) is 27.8 Å². The van der Waals surface area contributed by atoms with Crippen molar-refractivity contribution in [3.05, 3.63) is 69.2 Å². The van der Waals surface area contributed by atoms with E-state index in [9.17, 15) is 23.5 Å². The monoisotopic (exact) mass is 736 g/mol. The van der Waals surface area contributed by atoms with Crippen LogP contribution >= 0.6 is 39.1 Å². The summed E-state index contributed by atoms with van der Waals surface area (Å²) in [5.74, 6) is -0.811. The van der Waals surface area contributed by atoms with E-state index in [4.69, 9.17) is 37.4 Å². The average molecular weight is 738 g/mol. The number of ether oxygens (including phenoxy) is 3. The largest absolute Gasteiger partial charge is 0.444 e. The number of hydrogen-bond acceptors (Lipinski definition) is 6. The number of nitrogens with zero attached hydrogens (tertiary/aromatic N) is 2. The third kappa shape index (κ3) is 12.2. The maximum atomic E-state index is 13.8. The van der Waals surface area contributed by atoms with Crippen molar-refractivity contribution in [3.8, 4) is 0 Å². The molecule has 45 heavy (non-hydrogen) atoms. The van der Waals surface area contributed by atoms with E-state index in [1.54, 1.807) is 37.8 Å². The van der Waals surface area contributed by atoms with Crippen LogP contribution in [0.4, 0.5) is 18.4 Å². The SMILES string of the molecule is CC(C)(C)OC(=O)N1CC2OC2C1.CC(C)(C)OC(=O)N1C[C@@H](Cc2cc(Cl)ccc2F)[C@H](O)C1.Fc1ccc(Cl)cc1CBr. The number of hydrogen-bond donors (Lipinski definition) is 1. The predicted molar refractivity (Wildman–Crippen MR) is 173 cm³/mol. The highest BCUT2D eigenvalue weighted by Crippen LogP contribution is 2.31. The third-order valence-corrected chi connectivity index (χ3v) is 7.91. The molecule has 5 rings (SSSR count). The molecule has 3 aliphatic heterocycles. The van der Waals surface area contributed by atoms with Gasteiger partial charge in [0.1, 0.15) is 35.0 Å². The Morgan fingerprint density at radius 3 is 1.73 bits per heavy atom. The van der Waals surface area contributed by atoms with E-state index >= 15 is 0 Å². The maximum Gasteiger partial charge on any atom is 0.410 e. The third-order valence-electron chi connectivity index (χ3n) is 6.84. The zero-order valence-corrected chi connectivity index (χ0v) is 29.4. The standard InChI is InChI=1S/C16H21ClFNO3.C9H15NO3.C7H5BrClF/c1-16(2,3)22-15(21)19-8-11(14(20)9-19)6-10-7-12(17)4-5-13(10)18;1-9(2,3)13-8(11)10-4-6-7(5-10)12-6;8-4-5-3-6(9)1-2-7(5)10/h4-5,7,11,14,20H,6,8-9H2,1-3H3;6-7H,4-5H2,1-3H3;1-3H,4H2/t11-,14-;;/m1../s1. The second kappa shape index (κ2) is 15.6. The summed E-state index contributed by atoms with van der Waals surface area (Å²) in [4.78, 5) is 26.7. The molecule has 0 radical (unpaired) electrons. The fraction of sp³-hybridized carbons (Fsp3) is 0.562. The normalized spacial score (nSPS) is 22.0. The molecule has 3 aliphatic rings. The number of benzene rings is 2. The molecule has 8 nitrogen and oxygen atoms in total. The minimum absolute atomic E-state index is 0.196. The molecule has 3 heterocycles. The number of carbonyl (C=O) groups excluding carboxylic acids is 2. The number of carbonyl (C=O) groups is 2. The van der Waals surface area contributed by atoms with Crippen molar-refractivity contribution < 1.29 is 37.7 Å². The lowest BCUT2D eigenvalue weighted by atomic mass is 9.96. The number of aliphatic hydroxyl groups excluding tert-OH is 1. The molecule has 0 aromatic heterocycles. The van der Waals surface area contributed by atoms with Gasteiger partial charge in [-0.1, -0.05) is 39.1 Å². The smallest absolute Gasteiger partial charge is 0.410 e. The van der Waals surface area contributed by atoms with Gasteiger partial charge in [0.15, 0.2) is 0 Å². The van der Waals surface area contributed by atoms with Gasteiger partial charge in [-0.2, -0.15) is 0 Å². The lowest BCUT2D eigenvalue weighted by Gasteiger charge is -2.24. The molecule has 13 heteroatoms. The summed E-state index contributed by atoms with van der Waals surface area (Å²) in [6, 6.07) is 8.84. The fourth-order valence-electron chi connectivity index (χ4n) is 4.64. The van der Waals surface area contributed by atoms with Crippen LogP contribution in [0.3, 0.4) is 0 Å². The van der Waals surface area contributed by atoms with Gasteiger partial charge in [-0.25, -0.2) is 18.4 Å². The lowest BCUT2D eigenvalue weighted by Crippen LogP contribution is -2.37. The number of halogens is 5. The molecule has 2 aromatic carbocycles. The molecule has 2 unspecified atom stereocenters. The minimum atomic E-state index is -0.703. The number of rotatable bonds is 3. The Morgan fingerprint density at radius 2 is 1.29 bits per heavy atom. The van der Waals surface area contributed by atoms with Crippen molar-refractivity contribution in [2.45, 2.75) is 82.8 Å². The van der Waals surface area contributed by atoms with E-state index in [2.05, 4.69) is 15.9 Å². The van der Waals surface area contributed by atoms with Crippen LogP contribution in [0.5, 0.6) is 0 Å². The first-order valence-corrected chi connectivity index (χ1v) is 16.5. The van der Waals surface area contributed by atoms with Crippen molar-refractivity contribution in [1.82, 2.24) is 9.80 Å². The van der Waals surface area contributed by atoms with Gasteiger partial charge in [-0.05, 0) is 95.5 Å². The zero-order chi connectivity index (χ0) is 33.7. The number of amides is 2.